The van der Waals surface area contributed by atoms with Gasteiger partial charge in [0.25, 0.3) is 0 Å². The summed E-state index contributed by atoms with van der Waals surface area (Å²) in [5, 5.41) is 4.63. The Morgan fingerprint density at radius 1 is 1.14 bits per heavy atom. The van der Waals surface area contributed by atoms with Crippen LogP contribution in [0.1, 0.15) is 79.1 Å². The number of rotatable bonds is 15. The molecule has 2 rings (SSSR count). The normalized spacial score (nSPS) is 18.7. The smallest absolute Gasteiger partial charge is 0.137 e. The van der Waals surface area contributed by atoms with Crippen LogP contribution in [0.2, 0.25) is 0 Å². The van der Waals surface area contributed by atoms with Crippen LogP contribution in [0.15, 0.2) is 128 Å². The molecule has 43 heavy (non-hydrogen) atoms. The molecule has 0 aromatic carbocycles. The third-order valence-electron chi connectivity index (χ3n) is 7.13. The Hall–Kier alpha value is -3.15. The second kappa shape index (κ2) is 22.4. The molecule has 0 atom stereocenters. The average Bonchev–Trinajstić information content (AvgIpc) is 2.98. The van der Waals surface area contributed by atoms with Gasteiger partial charge >= 0.3 is 0 Å². The summed E-state index contributed by atoms with van der Waals surface area (Å²) >= 11 is 1.68. The number of nitrogens with zero attached hydrogens (tertiary/aromatic N) is 3. The van der Waals surface area contributed by atoms with E-state index in [-0.39, 0.29) is 0 Å². The van der Waals surface area contributed by atoms with E-state index >= 15 is 0 Å². The molecule has 0 bridgehead atoms. The molecule has 5 heteroatoms. The zero-order valence-corrected chi connectivity index (χ0v) is 28.8. The van der Waals surface area contributed by atoms with Crippen molar-refractivity contribution in [3.63, 3.8) is 0 Å². The van der Waals surface area contributed by atoms with Crippen LogP contribution in [-0.4, -0.2) is 44.1 Å². The van der Waals surface area contributed by atoms with Crippen LogP contribution in [0, 0.1) is 0 Å². The van der Waals surface area contributed by atoms with Crippen LogP contribution in [0.25, 0.3) is 0 Å². The zero-order valence-electron chi connectivity index (χ0n) is 28.0. The molecule has 2 aliphatic rings. The standard InChI is InChI=1S/C36H49N3S.C2H7N/c1-9-19-34(37-8)35-29(6)30(7)39(36(38-35)33-21-16-14-13-15-17-22-33)27-18-20-31(10-2)25-26-32(11-3)24-23-28(5)40-12-4;1-3-2/h10,12,14-17,21,23,25-26H,2,4,7,9,11,13,18-20,22,24,27H2,1,3,5-6,8H3;3H,1-2H3/b16-14?,17-15-,28-23+,31-25+,32-26+,33-21+,37-34?;. The van der Waals surface area contributed by atoms with E-state index in [0.29, 0.717) is 0 Å². The van der Waals surface area contributed by atoms with Crippen molar-refractivity contribution < 1.29 is 0 Å². The molecule has 0 fully saturated rings. The third-order valence-corrected chi connectivity index (χ3v) is 7.84. The first kappa shape index (κ1) is 37.9. The molecule has 0 aromatic heterocycles. The first-order valence-electron chi connectivity index (χ1n) is 15.6. The Labute approximate surface area is 268 Å². The quantitative estimate of drug-likeness (QED) is 0.115. The molecule has 1 heterocycles. The molecular formula is C38H56N4S. The predicted molar refractivity (Wildman–Crippen MR) is 197 cm³/mol. The Bertz CT molecular complexity index is 1210. The largest absolute Gasteiger partial charge is 0.326 e. The van der Waals surface area contributed by atoms with Gasteiger partial charge in [-0.3, -0.25) is 4.99 Å². The van der Waals surface area contributed by atoms with Crippen molar-refractivity contribution in [3.05, 3.63) is 118 Å². The molecule has 4 nitrogen and oxygen atoms in total. The van der Waals surface area contributed by atoms with Crippen molar-refractivity contribution in [2.24, 2.45) is 9.98 Å². The third kappa shape index (κ3) is 13.4. The van der Waals surface area contributed by atoms with E-state index in [4.69, 9.17) is 4.99 Å². The molecular weight excluding hydrogens is 545 g/mol. The van der Waals surface area contributed by atoms with Gasteiger partial charge in [-0.25, -0.2) is 4.99 Å². The lowest BCUT2D eigenvalue weighted by Gasteiger charge is -2.34. The van der Waals surface area contributed by atoms with E-state index in [1.54, 1.807) is 11.8 Å². The summed E-state index contributed by atoms with van der Waals surface area (Å²) in [5.74, 6) is 0.996. The van der Waals surface area contributed by atoms with Crippen molar-refractivity contribution in [2.45, 2.75) is 79.1 Å². The first-order valence-corrected chi connectivity index (χ1v) is 16.5. The van der Waals surface area contributed by atoms with Crippen LogP contribution in [0.5, 0.6) is 0 Å². The van der Waals surface area contributed by atoms with Gasteiger partial charge in [0, 0.05) is 19.3 Å². The van der Waals surface area contributed by atoms with Crippen molar-refractivity contribution in [3.8, 4) is 0 Å². The SMILES string of the molecule is C=CS/C(C)=C/C/C(=C/C=C(\C=C)CCCN1C(=C)C(C)=C(C(CCC)=NC)N=C1/C1=C/C=CC/C=C\C1)CC.CNC. The predicted octanol–water partition coefficient (Wildman–Crippen LogP) is 10.4. The van der Waals surface area contributed by atoms with Crippen molar-refractivity contribution >= 4 is 23.3 Å². The number of nitrogens with one attached hydrogen (secondary N) is 1. The Kier molecular flexibility index (Phi) is 19.7. The van der Waals surface area contributed by atoms with E-state index in [2.05, 4.69) is 111 Å². The Balaban J connectivity index is 0.00000295. The molecule has 0 radical (unpaired) electrons. The monoisotopic (exact) mass is 600 g/mol. The van der Waals surface area contributed by atoms with E-state index in [9.17, 15) is 0 Å². The maximum Gasteiger partial charge on any atom is 0.137 e. The van der Waals surface area contributed by atoms with Gasteiger partial charge in [0.2, 0.25) is 0 Å². The van der Waals surface area contributed by atoms with Crippen LogP contribution in [0.4, 0.5) is 0 Å². The summed E-state index contributed by atoms with van der Waals surface area (Å²) in [6, 6.07) is 0. The fourth-order valence-electron chi connectivity index (χ4n) is 4.64. The van der Waals surface area contributed by atoms with E-state index in [1.165, 1.54) is 21.6 Å². The molecule has 1 aliphatic heterocycles. The molecule has 1 aliphatic carbocycles. The molecule has 0 saturated carbocycles. The maximum absolute atomic E-state index is 5.25. The topological polar surface area (TPSA) is 40.0 Å². The van der Waals surface area contributed by atoms with Gasteiger partial charge in [-0.1, -0.05) is 100 Å². The van der Waals surface area contributed by atoms with E-state index < -0.39 is 0 Å². The van der Waals surface area contributed by atoms with Gasteiger partial charge in [0.15, 0.2) is 0 Å². The number of hydrogen-bond donors (Lipinski definition) is 1. The van der Waals surface area contributed by atoms with Crippen LogP contribution in [-0.2, 0) is 0 Å². The van der Waals surface area contributed by atoms with Gasteiger partial charge in [0.05, 0.1) is 11.4 Å². The van der Waals surface area contributed by atoms with Crippen molar-refractivity contribution in [2.75, 3.05) is 27.7 Å². The molecule has 0 spiro atoms. The molecule has 0 amide bonds. The van der Waals surface area contributed by atoms with Gasteiger partial charge in [-0.2, -0.15) is 0 Å². The molecule has 1 N–H and O–H groups in total. The highest BCUT2D eigenvalue weighted by molar-refractivity contribution is 8.05. The second-order valence-corrected chi connectivity index (χ2v) is 11.7. The first-order chi connectivity index (χ1) is 20.8. The van der Waals surface area contributed by atoms with E-state index in [0.717, 1.165) is 86.4 Å². The summed E-state index contributed by atoms with van der Waals surface area (Å²) in [7, 11) is 5.62. The number of thioether (sulfide) groups is 1. The average molecular weight is 601 g/mol. The van der Waals surface area contributed by atoms with Gasteiger partial charge in [0.1, 0.15) is 5.84 Å². The summed E-state index contributed by atoms with van der Waals surface area (Å²) in [6.07, 6.45) is 27.5. The number of aliphatic imine (C=N–C) groups is 2. The minimum atomic E-state index is 0.843. The number of amidine groups is 1. The molecule has 0 saturated heterocycles. The lowest BCUT2D eigenvalue weighted by Crippen LogP contribution is -2.36. The highest BCUT2D eigenvalue weighted by Gasteiger charge is 2.27. The van der Waals surface area contributed by atoms with Crippen molar-refractivity contribution in [1.29, 1.82) is 0 Å². The van der Waals surface area contributed by atoms with Crippen LogP contribution in [0.3, 0.4) is 0 Å². The second-order valence-electron chi connectivity index (χ2n) is 10.5. The summed E-state index contributed by atoms with van der Waals surface area (Å²) in [6.45, 7) is 22.0. The van der Waals surface area contributed by atoms with Gasteiger partial charge in [-0.15, -0.1) is 11.8 Å². The molecule has 0 unspecified atom stereocenters. The lowest BCUT2D eigenvalue weighted by atomic mass is 9.99. The van der Waals surface area contributed by atoms with Gasteiger partial charge < -0.3 is 10.2 Å². The van der Waals surface area contributed by atoms with E-state index in [1.807, 2.05) is 32.6 Å². The maximum atomic E-state index is 5.25. The highest BCUT2D eigenvalue weighted by atomic mass is 32.2. The van der Waals surface area contributed by atoms with Crippen LogP contribution >= 0.6 is 11.8 Å². The molecule has 234 valence electrons. The lowest BCUT2D eigenvalue weighted by molar-refractivity contribution is 0.496. The number of allylic oxidation sites excluding steroid dienone is 14. The minimum Gasteiger partial charge on any atom is -0.326 e. The zero-order chi connectivity index (χ0) is 32.0. The summed E-state index contributed by atoms with van der Waals surface area (Å²) < 4.78 is 0. The fourth-order valence-corrected chi connectivity index (χ4v) is 5.09. The Morgan fingerprint density at radius 3 is 2.51 bits per heavy atom. The summed E-state index contributed by atoms with van der Waals surface area (Å²) in [5.41, 5.74) is 8.04. The highest BCUT2D eigenvalue weighted by Crippen LogP contribution is 2.30. The van der Waals surface area contributed by atoms with Crippen molar-refractivity contribution in [1.82, 2.24) is 10.2 Å². The minimum absolute atomic E-state index is 0.843. The molecule has 0 aromatic rings. The Morgan fingerprint density at radius 2 is 1.88 bits per heavy atom. The van der Waals surface area contributed by atoms with Crippen LogP contribution < -0.4 is 5.32 Å². The summed E-state index contributed by atoms with van der Waals surface area (Å²) in [4.78, 5) is 13.5. The van der Waals surface area contributed by atoms with Gasteiger partial charge in [-0.05, 0) is 99.9 Å². The fraction of sp³-hybridized carbons (Fsp3) is 0.421. The number of hydrogen-bond acceptors (Lipinski definition) is 5.